The first-order valence-corrected chi connectivity index (χ1v) is 10.3. The Morgan fingerprint density at radius 1 is 1.45 bits per heavy atom. The SMILES string of the molecule is CCO[C@H]1CN(c2ccn(C)c(=O)c2)CCC1NC(=O)C1=NC(Cl)=C(CC)C1N. The predicted octanol–water partition coefficient (Wildman–Crippen LogP) is 1.13. The minimum Gasteiger partial charge on any atom is -0.375 e. The van der Waals surface area contributed by atoms with Crippen molar-refractivity contribution in [2.75, 3.05) is 24.6 Å². The third-order valence-corrected chi connectivity index (χ3v) is 5.80. The first-order valence-electron chi connectivity index (χ1n) is 9.92. The molecular weight excluding hydrogens is 394 g/mol. The van der Waals surface area contributed by atoms with Crippen molar-refractivity contribution in [3.8, 4) is 0 Å². The van der Waals surface area contributed by atoms with Crippen molar-refractivity contribution in [1.29, 1.82) is 0 Å². The summed E-state index contributed by atoms with van der Waals surface area (Å²) in [6, 6.07) is 2.78. The molecule has 1 aromatic rings. The van der Waals surface area contributed by atoms with Crippen LogP contribution in [0.15, 0.2) is 38.8 Å². The van der Waals surface area contributed by atoms with Crippen LogP contribution in [0, 0.1) is 0 Å². The van der Waals surface area contributed by atoms with Gasteiger partial charge in [0, 0.05) is 44.7 Å². The van der Waals surface area contributed by atoms with E-state index in [1.54, 1.807) is 19.3 Å². The molecule has 0 saturated carbocycles. The molecule has 2 unspecified atom stereocenters. The van der Waals surface area contributed by atoms with Gasteiger partial charge in [-0.1, -0.05) is 18.5 Å². The van der Waals surface area contributed by atoms with Gasteiger partial charge in [0.2, 0.25) is 0 Å². The monoisotopic (exact) mass is 421 g/mol. The van der Waals surface area contributed by atoms with Crippen LogP contribution < -0.4 is 21.5 Å². The molecule has 2 aliphatic rings. The summed E-state index contributed by atoms with van der Waals surface area (Å²) in [6.07, 6.45) is 2.87. The second-order valence-electron chi connectivity index (χ2n) is 7.29. The van der Waals surface area contributed by atoms with Crippen molar-refractivity contribution in [1.82, 2.24) is 9.88 Å². The highest BCUT2D eigenvalue weighted by molar-refractivity contribution is 6.45. The van der Waals surface area contributed by atoms with Gasteiger partial charge in [0.15, 0.2) is 0 Å². The first kappa shape index (κ1) is 21.5. The van der Waals surface area contributed by atoms with Crippen molar-refractivity contribution < 1.29 is 9.53 Å². The molecule has 2 aliphatic heterocycles. The van der Waals surface area contributed by atoms with E-state index in [2.05, 4.69) is 15.2 Å². The molecule has 0 aromatic carbocycles. The van der Waals surface area contributed by atoms with Crippen LogP contribution in [0.2, 0.25) is 0 Å². The van der Waals surface area contributed by atoms with Crippen molar-refractivity contribution in [3.63, 3.8) is 0 Å². The molecule has 158 valence electrons. The lowest BCUT2D eigenvalue weighted by atomic mass is 9.99. The number of amides is 1. The van der Waals surface area contributed by atoms with Gasteiger partial charge in [-0.2, -0.15) is 0 Å². The number of aromatic nitrogens is 1. The number of piperidine rings is 1. The molecule has 3 N–H and O–H groups in total. The van der Waals surface area contributed by atoms with Crippen LogP contribution in [0.25, 0.3) is 0 Å². The van der Waals surface area contributed by atoms with E-state index in [0.29, 0.717) is 37.7 Å². The van der Waals surface area contributed by atoms with E-state index in [1.165, 1.54) is 4.57 Å². The van der Waals surface area contributed by atoms with Gasteiger partial charge in [-0.05, 0) is 31.4 Å². The average Bonchev–Trinajstić information content (AvgIpc) is 2.99. The van der Waals surface area contributed by atoms with Gasteiger partial charge in [0.25, 0.3) is 11.5 Å². The summed E-state index contributed by atoms with van der Waals surface area (Å²) in [6.45, 7) is 5.65. The van der Waals surface area contributed by atoms with E-state index in [1.807, 2.05) is 19.9 Å². The molecule has 0 bridgehead atoms. The minimum absolute atomic E-state index is 0.0600. The molecule has 0 spiro atoms. The van der Waals surface area contributed by atoms with Crippen LogP contribution in [-0.2, 0) is 16.6 Å². The van der Waals surface area contributed by atoms with Crippen LogP contribution in [-0.4, -0.2) is 54.1 Å². The number of carbonyl (C=O) groups excluding carboxylic acids is 1. The molecule has 3 rings (SSSR count). The first-order chi connectivity index (χ1) is 13.8. The summed E-state index contributed by atoms with van der Waals surface area (Å²) in [5.74, 6) is -0.309. The van der Waals surface area contributed by atoms with Crippen LogP contribution in [0.1, 0.15) is 26.7 Å². The maximum atomic E-state index is 12.8. The maximum absolute atomic E-state index is 12.8. The van der Waals surface area contributed by atoms with Crippen LogP contribution in [0.3, 0.4) is 0 Å². The highest BCUT2D eigenvalue weighted by atomic mass is 35.5. The molecule has 3 atom stereocenters. The molecular formula is C20H28ClN5O3. The Morgan fingerprint density at radius 3 is 2.83 bits per heavy atom. The van der Waals surface area contributed by atoms with Crippen LogP contribution in [0.5, 0.6) is 0 Å². The lowest BCUT2D eigenvalue weighted by Gasteiger charge is -2.39. The third kappa shape index (κ3) is 4.55. The van der Waals surface area contributed by atoms with Gasteiger partial charge >= 0.3 is 0 Å². The van der Waals surface area contributed by atoms with Gasteiger partial charge < -0.3 is 25.3 Å². The molecule has 1 amide bonds. The standard InChI is InChI=1S/C20H28ClN5O3/c1-4-13-17(22)18(24-19(13)21)20(28)23-14-7-9-26(11-15(14)29-5-2)12-6-8-25(3)16(27)10-12/h6,8,10,14-15,17H,4-5,7,9,11,22H2,1-3H3,(H,23,28)/t14?,15-,17?/m0/s1. The Balaban J connectivity index is 1.69. The Labute approximate surface area is 175 Å². The summed E-state index contributed by atoms with van der Waals surface area (Å²) >= 11 is 6.12. The normalized spacial score (nSPS) is 24.7. The molecule has 0 radical (unpaired) electrons. The molecule has 1 aromatic heterocycles. The summed E-state index contributed by atoms with van der Waals surface area (Å²) in [5, 5.41) is 3.34. The molecule has 9 heteroatoms. The van der Waals surface area contributed by atoms with Crippen molar-refractivity contribution in [3.05, 3.63) is 39.4 Å². The zero-order chi connectivity index (χ0) is 21.1. The molecule has 3 heterocycles. The number of carbonyl (C=O) groups is 1. The number of pyridine rings is 1. The van der Waals surface area contributed by atoms with Gasteiger partial charge in [0.05, 0.1) is 18.2 Å². The van der Waals surface area contributed by atoms with Crippen molar-refractivity contribution >= 4 is 28.9 Å². The van der Waals surface area contributed by atoms with Gasteiger partial charge in [-0.15, -0.1) is 0 Å². The average molecular weight is 422 g/mol. The Bertz CT molecular complexity index is 894. The van der Waals surface area contributed by atoms with E-state index in [4.69, 9.17) is 22.1 Å². The largest absolute Gasteiger partial charge is 0.375 e. The third-order valence-electron chi connectivity index (χ3n) is 5.48. The number of aliphatic imine (C=N–C) groups is 1. The summed E-state index contributed by atoms with van der Waals surface area (Å²) < 4.78 is 7.44. The van der Waals surface area contributed by atoms with E-state index < -0.39 is 6.04 Å². The van der Waals surface area contributed by atoms with Crippen molar-refractivity contribution in [2.24, 2.45) is 17.8 Å². The molecule has 8 nitrogen and oxygen atoms in total. The number of nitrogens with two attached hydrogens (primary N) is 1. The van der Waals surface area contributed by atoms with Gasteiger partial charge in [0.1, 0.15) is 10.9 Å². The summed E-state index contributed by atoms with van der Waals surface area (Å²) in [5.41, 5.74) is 7.96. The molecule has 0 aliphatic carbocycles. The fraction of sp³-hybridized carbons (Fsp3) is 0.550. The zero-order valence-corrected chi connectivity index (χ0v) is 17.8. The van der Waals surface area contributed by atoms with E-state index in [-0.39, 0.29) is 29.3 Å². The number of hydrogen-bond donors (Lipinski definition) is 2. The van der Waals surface area contributed by atoms with E-state index >= 15 is 0 Å². The van der Waals surface area contributed by atoms with Crippen LogP contribution >= 0.6 is 11.6 Å². The number of aryl methyl sites for hydroxylation is 1. The van der Waals surface area contributed by atoms with E-state index in [9.17, 15) is 9.59 Å². The number of hydrogen-bond acceptors (Lipinski definition) is 6. The molecule has 29 heavy (non-hydrogen) atoms. The van der Waals surface area contributed by atoms with Crippen molar-refractivity contribution in [2.45, 2.75) is 44.9 Å². The lowest BCUT2D eigenvalue weighted by Crippen LogP contribution is -2.57. The number of nitrogens with zero attached hydrogens (tertiary/aromatic N) is 3. The topological polar surface area (TPSA) is 102 Å². The van der Waals surface area contributed by atoms with Gasteiger partial charge in [-0.25, -0.2) is 4.99 Å². The Kier molecular flexibility index (Phi) is 6.77. The summed E-state index contributed by atoms with van der Waals surface area (Å²) in [4.78, 5) is 31.0. The summed E-state index contributed by atoms with van der Waals surface area (Å²) in [7, 11) is 1.72. The number of ether oxygens (including phenoxy) is 1. The smallest absolute Gasteiger partial charge is 0.268 e. The number of anilines is 1. The predicted molar refractivity (Wildman–Crippen MR) is 114 cm³/mol. The fourth-order valence-electron chi connectivity index (χ4n) is 3.77. The highest BCUT2D eigenvalue weighted by Gasteiger charge is 2.35. The Morgan fingerprint density at radius 2 is 2.21 bits per heavy atom. The fourth-order valence-corrected chi connectivity index (χ4v) is 4.12. The van der Waals surface area contributed by atoms with Crippen LogP contribution in [0.4, 0.5) is 5.69 Å². The quantitative estimate of drug-likeness (QED) is 0.670. The number of rotatable bonds is 6. The van der Waals surface area contributed by atoms with E-state index in [0.717, 1.165) is 11.3 Å². The lowest BCUT2D eigenvalue weighted by molar-refractivity contribution is -0.117. The second-order valence-corrected chi connectivity index (χ2v) is 7.64. The maximum Gasteiger partial charge on any atom is 0.268 e. The number of halogens is 1. The Hall–Kier alpha value is -2.16. The minimum atomic E-state index is -0.571. The molecule has 1 fully saturated rings. The molecule has 1 saturated heterocycles. The number of nitrogens with one attached hydrogen (secondary N) is 1. The van der Waals surface area contributed by atoms with Gasteiger partial charge in [-0.3, -0.25) is 9.59 Å². The second kappa shape index (κ2) is 9.11. The highest BCUT2D eigenvalue weighted by Crippen LogP contribution is 2.25. The zero-order valence-electron chi connectivity index (χ0n) is 17.0.